The minimum atomic E-state index is -0.573. The molecule has 2 aromatic carbocycles. The molecule has 0 aliphatic heterocycles. The van der Waals surface area contributed by atoms with Crippen LogP contribution in [0, 0.1) is 11.3 Å². The van der Waals surface area contributed by atoms with E-state index in [1.807, 2.05) is 42.5 Å². The Balaban J connectivity index is 2.68. The van der Waals surface area contributed by atoms with Crippen molar-refractivity contribution in [2.24, 2.45) is 5.16 Å². The third-order valence-electron chi connectivity index (χ3n) is 2.90. The number of fused-ring (bicyclic) bond motifs is 1. The van der Waals surface area contributed by atoms with Crippen LogP contribution in [0.3, 0.4) is 0 Å². The molecular formula is C15H14N2O2. The summed E-state index contributed by atoms with van der Waals surface area (Å²) in [7, 11) is 0. The van der Waals surface area contributed by atoms with Crippen LogP contribution < -0.4 is 4.74 Å². The van der Waals surface area contributed by atoms with E-state index in [1.54, 1.807) is 13.8 Å². The average molecular weight is 254 g/mol. The molecule has 4 nitrogen and oxygen atoms in total. The van der Waals surface area contributed by atoms with Crippen molar-refractivity contribution < 1.29 is 9.94 Å². The summed E-state index contributed by atoms with van der Waals surface area (Å²) >= 11 is 0. The summed E-state index contributed by atoms with van der Waals surface area (Å²) in [5.74, 6) is 0.572. The molecule has 96 valence electrons. The number of hydrogen-bond donors (Lipinski definition) is 1. The summed E-state index contributed by atoms with van der Waals surface area (Å²) in [6, 6.07) is 13.5. The molecule has 0 aliphatic rings. The topological polar surface area (TPSA) is 65.6 Å². The standard InChI is InChI=1S/C15H14N2O2/c1-10(9-16)19-15-13(11(2)17-18)8-7-12-5-3-4-6-14(12)15/h3-8,10,18H,1-2H3. The summed E-state index contributed by atoms with van der Waals surface area (Å²) < 4.78 is 5.68. The van der Waals surface area contributed by atoms with E-state index in [4.69, 9.17) is 15.2 Å². The van der Waals surface area contributed by atoms with Crippen molar-refractivity contribution >= 4 is 16.5 Å². The Kier molecular flexibility index (Phi) is 3.67. The van der Waals surface area contributed by atoms with Gasteiger partial charge in [-0.3, -0.25) is 0 Å². The molecule has 1 N–H and O–H groups in total. The quantitative estimate of drug-likeness (QED) is 0.519. The van der Waals surface area contributed by atoms with Crippen LogP contribution in [0.25, 0.3) is 10.8 Å². The Morgan fingerprint density at radius 3 is 2.74 bits per heavy atom. The lowest BCUT2D eigenvalue weighted by atomic mass is 10.0. The molecule has 0 saturated heterocycles. The molecule has 0 fully saturated rings. The van der Waals surface area contributed by atoms with Gasteiger partial charge in [-0.1, -0.05) is 35.5 Å². The van der Waals surface area contributed by atoms with E-state index in [9.17, 15) is 0 Å². The van der Waals surface area contributed by atoms with Crippen molar-refractivity contribution in [3.05, 3.63) is 42.0 Å². The highest BCUT2D eigenvalue weighted by molar-refractivity contribution is 6.06. The lowest BCUT2D eigenvalue weighted by Crippen LogP contribution is -2.11. The molecule has 19 heavy (non-hydrogen) atoms. The van der Waals surface area contributed by atoms with Crippen molar-refractivity contribution in [2.45, 2.75) is 20.0 Å². The van der Waals surface area contributed by atoms with E-state index in [0.29, 0.717) is 17.0 Å². The van der Waals surface area contributed by atoms with Gasteiger partial charge in [-0.15, -0.1) is 0 Å². The van der Waals surface area contributed by atoms with Crippen LogP contribution in [0.4, 0.5) is 0 Å². The Morgan fingerprint density at radius 1 is 1.32 bits per heavy atom. The van der Waals surface area contributed by atoms with E-state index >= 15 is 0 Å². The minimum Gasteiger partial charge on any atom is -0.475 e. The fraction of sp³-hybridized carbons (Fsp3) is 0.200. The molecule has 0 spiro atoms. The van der Waals surface area contributed by atoms with Crippen LogP contribution in [0.5, 0.6) is 5.75 Å². The van der Waals surface area contributed by atoms with Gasteiger partial charge >= 0.3 is 0 Å². The van der Waals surface area contributed by atoms with Gasteiger partial charge in [0.25, 0.3) is 0 Å². The first kappa shape index (κ1) is 12.9. The van der Waals surface area contributed by atoms with Gasteiger partial charge in [0.2, 0.25) is 0 Å². The second kappa shape index (κ2) is 5.40. The highest BCUT2D eigenvalue weighted by atomic mass is 16.5. The zero-order chi connectivity index (χ0) is 13.8. The molecule has 1 atom stereocenters. The van der Waals surface area contributed by atoms with E-state index in [2.05, 4.69) is 5.16 Å². The van der Waals surface area contributed by atoms with Gasteiger partial charge in [0, 0.05) is 10.9 Å². The van der Waals surface area contributed by atoms with E-state index < -0.39 is 6.10 Å². The van der Waals surface area contributed by atoms with Gasteiger partial charge in [0.1, 0.15) is 11.8 Å². The molecule has 0 bridgehead atoms. The normalized spacial score (nSPS) is 13.0. The number of benzene rings is 2. The Bertz CT molecular complexity index is 671. The zero-order valence-electron chi connectivity index (χ0n) is 10.8. The van der Waals surface area contributed by atoms with Gasteiger partial charge in [0.15, 0.2) is 6.10 Å². The molecule has 0 amide bonds. The Hall–Kier alpha value is -2.54. The van der Waals surface area contributed by atoms with Crippen molar-refractivity contribution in [2.75, 3.05) is 0 Å². The second-order valence-corrected chi connectivity index (χ2v) is 4.24. The fourth-order valence-corrected chi connectivity index (χ4v) is 1.91. The fourth-order valence-electron chi connectivity index (χ4n) is 1.91. The van der Waals surface area contributed by atoms with Crippen LogP contribution in [0.15, 0.2) is 41.6 Å². The molecule has 2 rings (SSSR count). The van der Waals surface area contributed by atoms with Crippen LogP contribution >= 0.6 is 0 Å². The van der Waals surface area contributed by atoms with Crippen molar-refractivity contribution in [1.82, 2.24) is 0 Å². The molecule has 1 unspecified atom stereocenters. The third-order valence-corrected chi connectivity index (χ3v) is 2.90. The number of hydrogen-bond acceptors (Lipinski definition) is 4. The lowest BCUT2D eigenvalue weighted by Gasteiger charge is -2.15. The van der Waals surface area contributed by atoms with Gasteiger partial charge < -0.3 is 9.94 Å². The summed E-state index contributed by atoms with van der Waals surface area (Å²) in [6.45, 7) is 3.37. The number of ether oxygens (including phenoxy) is 1. The molecule has 0 aliphatic carbocycles. The molecule has 0 radical (unpaired) electrons. The minimum absolute atomic E-state index is 0.450. The van der Waals surface area contributed by atoms with Crippen molar-refractivity contribution in [3.63, 3.8) is 0 Å². The summed E-state index contributed by atoms with van der Waals surface area (Å²) in [6.07, 6.45) is -0.573. The highest BCUT2D eigenvalue weighted by Gasteiger charge is 2.14. The molecule has 4 heteroatoms. The smallest absolute Gasteiger partial charge is 0.181 e. The van der Waals surface area contributed by atoms with Gasteiger partial charge in [-0.2, -0.15) is 5.26 Å². The summed E-state index contributed by atoms with van der Waals surface area (Å²) in [5.41, 5.74) is 1.13. The largest absolute Gasteiger partial charge is 0.475 e. The Labute approximate surface area is 111 Å². The second-order valence-electron chi connectivity index (χ2n) is 4.24. The summed E-state index contributed by atoms with van der Waals surface area (Å²) in [4.78, 5) is 0. The average Bonchev–Trinajstić information content (AvgIpc) is 2.46. The third kappa shape index (κ3) is 2.50. The Morgan fingerprint density at radius 2 is 2.05 bits per heavy atom. The van der Waals surface area contributed by atoms with E-state index in [0.717, 1.165) is 10.8 Å². The predicted octanol–water partition coefficient (Wildman–Crippen LogP) is 3.33. The van der Waals surface area contributed by atoms with Crippen molar-refractivity contribution in [1.29, 1.82) is 5.26 Å². The maximum atomic E-state index is 8.94. The molecule has 0 aromatic heterocycles. The lowest BCUT2D eigenvalue weighted by molar-refractivity contribution is 0.278. The summed E-state index contributed by atoms with van der Waals surface area (Å²) in [5, 5.41) is 23.0. The maximum absolute atomic E-state index is 8.94. The van der Waals surface area contributed by atoms with Crippen molar-refractivity contribution in [3.8, 4) is 11.8 Å². The molecule has 2 aromatic rings. The van der Waals surface area contributed by atoms with Crippen LogP contribution in [-0.2, 0) is 0 Å². The number of rotatable bonds is 3. The van der Waals surface area contributed by atoms with Gasteiger partial charge in [0.05, 0.1) is 5.71 Å². The van der Waals surface area contributed by atoms with E-state index in [1.165, 1.54) is 0 Å². The zero-order valence-corrected chi connectivity index (χ0v) is 10.8. The highest BCUT2D eigenvalue weighted by Crippen LogP contribution is 2.31. The van der Waals surface area contributed by atoms with E-state index in [-0.39, 0.29) is 0 Å². The van der Waals surface area contributed by atoms with Crippen LogP contribution in [0.1, 0.15) is 19.4 Å². The van der Waals surface area contributed by atoms with Gasteiger partial charge in [-0.05, 0) is 25.3 Å². The van der Waals surface area contributed by atoms with Crippen LogP contribution in [-0.4, -0.2) is 17.0 Å². The first-order valence-corrected chi connectivity index (χ1v) is 5.94. The maximum Gasteiger partial charge on any atom is 0.181 e. The van der Waals surface area contributed by atoms with Crippen LogP contribution in [0.2, 0.25) is 0 Å². The number of nitrogens with zero attached hydrogens (tertiary/aromatic N) is 2. The molecular weight excluding hydrogens is 240 g/mol. The molecule has 0 saturated carbocycles. The molecule has 0 heterocycles. The predicted molar refractivity (Wildman–Crippen MR) is 73.6 cm³/mol. The number of oxime groups is 1. The monoisotopic (exact) mass is 254 g/mol. The SMILES string of the molecule is CC(=NO)c1ccc2ccccc2c1OC(C)C#N. The number of nitriles is 1. The first-order chi connectivity index (χ1) is 9.17. The first-order valence-electron chi connectivity index (χ1n) is 5.94. The van der Waals surface area contributed by atoms with Gasteiger partial charge in [-0.25, -0.2) is 0 Å².